The van der Waals surface area contributed by atoms with Crippen LogP contribution in [0.4, 0.5) is 10.1 Å². The summed E-state index contributed by atoms with van der Waals surface area (Å²) in [5.41, 5.74) is 8.25. The van der Waals surface area contributed by atoms with Crippen LogP contribution in [-0.2, 0) is 0 Å². The Kier molecular flexibility index (Phi) is 1.40. The van der Waals surface area contributed by atoms with Gasteiger partial charge in [-0.25, -0.2) is 4.39 Å². The molecule has 2 aromatic rings. The highest BCUT2D eigenvalue weighted by Gasteiger charge is 2.27. The summed E-state index contributed by atoms with van der Waals surface area (Å²) in [7, 11) is 0. The lowest BCUT2D eigenvalue weighted by Gasteiger charge is -2.00. The third-order valence-electron chi connectivity index (χ3n) is 2.86. The van der Waals surface area contributed by atoms with Gasteiger partial charge in [0.05, 0.1) is 5.52 Å². The molecule has 14 heavy (non-hydrogen) atoms. The third-order valence-corrected chi connectivity index (χ3v) is 2.86. The van der Waals surface area contributed by atoms with Crippen molar-refractivity contribution in [3.8, 4) is 0 Å². The van der Waals surface area contributed by atoms with Gasteiger partial charge in [0.2, 0.25) is 0 Å². The smallest absolute Gasteiger partial charge is 0.147 e. The first kappa shape index (κ1) is 7.85. The average Bonchev–Trinajstić information content (AvgIpc) is 2.91. The highest BCUT2D eigenvalue weighted by Crippen LogP contribution is 2.44. The summed E-state index contributed by atoms with van der Waals surface area (Å²) in [6.07, 6.45) is 4.29. The van der Waals surface area contributed by atoms with Crippen molar-refractivity contribution in [2.24, 2.45) is 0 Å². The van der Waals surface area contributed by atoms with Gasteiger partial charge in [-0.3, -0.25) is 0 Å². The summed E-state index contributed by atoms with van der Waals surface area (Å²) in [5.74, 6) is 0.369. The number of aromatic nitrogens is 1. The minimum Gasteiger partial charge on any atom is -0.398 e. The van der Waals surface area contributed by atoms with Crippen molar-refractivity contribution >= 4 is 16.6 Å². The second-order valence-corrected chi connectivity index (χ2v) is 3.90. The largest absolute Gasteiger partial charge is 0.398 e. The van der Waals surface area contributed by atoms with E-state index in [9.17, 15) is 4.39 Å². The zero-order valence-corrected chi connectivity index (χ0v) is 7.68. The monoisotopic (exact) mass is 190 g/mol. The predicted molar refractivity (Wildman–Crippen MR) is 54.6 cm³/mol. The number of nitrogens with one attached hydrogen (secondary N) is 1. The molecule has 72 valence electrons. The maximum atomic E-state index is 13.4. The van der Waals surface area contributed by atoms with Gasteiger partial charge < -0.3 is 10.7 Å². The Hall–Kier alpha value is -1.51. The van der Waals surface area contributed by atoms with E-state index in [4.69, 9.17) is 5.73 Å². The molecule has 2 nitrogen and oxygen atoms in total. The zero-order valence-electron chi connectivity index (χ0n) is 7.68. The Balaban J connectivity index is 2.37. The SMILES string of the molecule is Nc1ccc(F)c2[nH]cc(C3CC3)c12. The Labute approximate surface area is 80.9 Å². The molecule has 1 saturated carbocycles. The molecule has 0 unspecified atom stereocenters. The molecule has 3 rings (SSSR count). The van der Waals surface area contributed by atoms with E-state index in [1.807, 2.05) is 6.20 Å². The molecule has 1 aromatic carbocycles. The number of benzene rings is 1. The van der Waals surface area contributed by atoms with Crippen LogP contribution < -0.4 is 5.73 Å². The van der Waals surface area contributed by atoms with Gasteiger partial charge in [0.1, 0.15) is 5.82 Å². The number of H-pyrrole nitrogens is 1. The normalized spacial score (nSPS) is 16.4. The van der Waals surface area contributed by atoms with Crippen LogP contribution in [0.25, 0.3) is 10.9 Å². The summed E-state index contributed by atoms with van der Waals surface area (Å²) in [6, 6.07) is 3.04. The number of hydrogen-bond acceptors (Lipinski definition) is 1. The Bertz CT molecular complexity index is 497. The first-order valence-corrected chi connectivity index (χ1v) is 4.82. The molecule has 0 spiro atoms. The number of nitrogen functional groups attached to an aromatic ring is 1. The summed E-state index contributed by atoms with van der Waals surface area (Å²) in [5, 5.41) is 0.882. The van der Waals surface area contributed by atoms with Crippen molar-refractivity contribution in [2.45, 2.75) is 18.8 Å². The summed E-state index contributed by atoms with van der Waals surface area (Å²) >= 11 is 0. The Morgan fingerprint density at radius 2 is 2.14 bits per heavy atom. The molecular weight excluding hydrogens is 179 g/mol. The fourth-order valence-electron chi connectivity index (χ4n) is 1.98. The fraction of sp³-hybridized carbons (Fsp3) is 0.273. The molecule has 0 saturated heterocycles. The summed E-state index contributed by atoms with van der Waals surface area (Å²) in [6.45, 7) is 0. The molecule has 0 aliphatic heterocycles. The molecule has 3 N–H and O–H groups in total. The number of rotatable bonds is 1. The highest BCUT2D eigenvalue weighted by atomic mass is 19.1. The second-order valence-electron chi connectivity index (χ2n) is 3.90. The number of hydrogen-bond donors (Lipinski definition) is 2. The number of aromatic amines is 1. The molecule has 1 heterocycles. The molecule has 1 aliphatic rings. The van der Waals surface area contributed by atoms with E-state index in [0.717, 1.165) is 5.39 Å². The maximum Gasteiger partial charge on any atom is 0.147 e. The maximum absolute atomic E-state index is 13.4. The van der Waals surface area contributed by atoms with E-state index in [1.54, 1.807) is 6.07 Å². The minimum atomic E-state index is -0.221. The van der Waals surface area contributed by atoms with Gasteiger partial charge in [0, 0.05) is 17.3 Å². The van der Waals surface area contributed by atoms with E-state index in [2.05, 4.69) is 4.98 Å². The number of fused-ring (bicyclic) bond motifs is 1. The van der Waals surface area contributed by atoms with Crippen molar-refractivity contribution < 1.29 is 4.39 Å². The molecule has 0 bridgehead atoms. The Morgan fingerprint density at radius 1 is 1.36 bits per heavy atom. The Morgan fingerprint density at radius 3 is 2.86 bits per heavy atom. The first-order chi connectivity index (χ1) is 6.77. The zero-order chi connectivity index (χ0) is 9.71. The van der Waals surface area contributed by atoms with Crippen LogP contribution in [0.2, 0.25) is 0 Å². The van der Waals surface area contributed by atoms with Gasteiger partial charge in [-0.15, -0.1) is 0 Å². The molecular formula is C11H11FN2. The van der Waals surface area contributed by atoms with Crippen molar-refractivity contribution in [1.29, 1.82) is 0 Å². The van der Waals surface area contributed by atoms with Crippen LogP contribution in [0.3, 0.4) is 0 Å². The fourth-order valence-corrected chi connectivity index (χ4v) is 1.98. The third kappa shape index (κ3) is 0.953. The van der Waals surface area contributed by atoms with Gasteiger partial charge in [0.25, 0.3) is 0 Å². The second kappa shape index (κ2) is 2.50. The molecule has 3 heteroatoms. The van der Waals surface area contributed by atoms with E-state index in [0.29, 0.717) is 17.1 Å². The first-order valence-electron chi connectivity index (χ1n) is 4.82. The average molecular weight is 190 g/mol. The quantitative estimate of drug-likeness (QED) is 0.667. The van der Waals surface area contributed by atoms with Gasteiger partial charge in [-0.2, -0.15) is 0 Å². The molecule has 0 amide bonds. The van der Waals surface area contributed by atoms with Gasteiger partial charge in [-0.1, -0.05) is 0 Å². The van der Waals surface area contributed by atoms with Crippen LogP contribution in [0, 0.1) is 5.82 Å². The van der Waals surface area contributed by atoms with Crippen LogP contribution in [0.5, 0.6) is 0 Å². The topological polar surface area (TPSA) is 41.8 Å². The standard InChI is InChI=1S/C11H11FN2/c12-8-3-4-9(13)10-7(6-1-2-6)5-14-11(8)10/h3-6,14H,1-2,13H2. The van der Waals surface area contributed by atoms with Gasteiger partial charge in [-0.05, 0) is 36.5 Å². The van der Waals surface area contributed by atoms with Crippen LogP contribution >= 0.6 is 0 Å². The van der Waals surface area contributed by atoms with E-state index in [-0.39, 0.29) is 5.82 Å². The van der Waals surface area contributed by atoms with E-state index in [1.165, 1.54) is 24.5 Å². The predicted octanol–water partition coefficient (Wildman–Crippen LogP) is 2.77. The molecule has 1 aliphatic carbocycles. The van der Waals surface area contributed by atoms with Gasteiger partial charge in [0.15, 0.2) is 0 Å². The minimum absolute atomic E-state index is 0.221. The lowest BCUT2D eigenvalue weighted by molar-refractivity contribution is 0.637. The van der Waals surface area contributed by atoms with Crippen molar-refractivity contribution in [3.05, 3.63) is 29.7 Å². The van der Waals surface area contributed by atoms with Crippen molar-refractivity contribution in [2.75, 3.05) is 5.73 Å². The van der Waals surface area contributed by atoms with Crippen LogP contribution in [0.1, 0.15) is 24.3 Å². The number of halogens is 1. The van der Waals surface area contributed by atoms with Crippen LogP contribution in [0.15, 0.2) is 18.3 Å². The van der Waals surface area contributed by atoms with E-state index < -0.39 is 0 Å². The molecule has 1 fully saturated rings. The van der Waals surface area contributed by atoms with Gasteiger partial charge >= 0.3 is 0 Å². The number of nitrogens with two attached hydrogens (primary N) is 1. The lowest BCUT2D eigenvalue weighted by Crippen LogP contribution is -1.89. The number of anilines is 1. The van der Waals surface area contributed by atoms with E-state index >= 15 is 0 Å². The van der Waals surface area contributed by atoms with Crippen molar-refractivity contribution in [1.82, 2.24) is 4.98 Å². The van der Waals surface area contributed by atoms with Crippen molar-refractivity contribution in [3.63, 3.8) is 0 Å². The molecule has 1 aromatic heterocycles. The highest BCUT2D eigenvalue weighted by molar-refractivity contribution is 5.94. The van der Waals surface area contributed by atoms with Crippen LogP contribution in [-0.4, -0.2) is 4.98 Å². The molecule has 0 radical (unpaired) electrons. The lowest BCUT2D eigenvalue weighted by atomic mass is 10.1. The molecule has 0 atom stereocenters. The summed E-state index contributed by atoms with van der Waals surface area (Å²) in [4.78, 5) is 2.96. The summed E-state index contributed by atoms with van der Waals surface area (Å²) < 4.78 is 13.4.